The molecule has 0 spiro atoms. The molecular weight excluding hydrogens is 404 g/mol. The highest BCUT2D eigenvalue weighted by atomic mass is 16.5. The first-order valence-corrected chi connectivity index (χ1v) is 9.82. The second-order valence-corrected chi connectivity index (χ2v) is 6.97. The molecule has 9 nitrogen and oxygen atoms in total. The number of hydrogen-bond acceptors (Lipinski definition) is 7. The SMILES string of the molecule is CCOC(=O)c1c(NC(=O)CCCN2C(=O)c3ccccc3C2=O)oc(C)c1C(C)=O. The Balaban J connectivity index is 1.65. The van der Waals surface area contributed by atoms with Crippen molar-refractivity contribution in [1.29, 1.82) is 0 Å². The summed E-state index contributed by atoms with van der Waals surface area (Å²) in [4.78, 5) is 62.4. The summed E-state index contributed by atoms with van der Waals surface area (Å²) < 4.78 is 10.4. The summed E-state index contributed by atoms with van der Waals surface area (Å²) in [5, 5.41) is 2.48. The minimum Gasteiger partial charge on any atom is -0.462 e. The van der Waals surface area contributed by atoms with Gasteiger partial charge in [0, 0.05) is 13.0 Å². The van der Waals surface area contributed by atoms with Crippen LogP contribution in [0, 0.1) is 6.92 Å². The Labute approximate surface area is 178 Å². The maximum atomic E-state index is 12.4. The highest BCUT2D eigenvalue weighted by molar-refractivity contribution is 6.21. The van der Waals surface area contributed by atoms with Crippen LogP contribution in [0.2, 0.25) is 0 Å². The molecule has 0 aliphatic carbocycles. The van der Waals surface area contributed by atoms with Gasteiger partial charge in [0.15, 0.2) is 5.78 Å². The molecule has 0 unspecified atom stereocenters. The summed E-state index contributed by atoms with van der Waals surface area (Å²) in [5.41, 5.74) is 0.623. The van der Waals surface area contributed by atoms with Crippen LogP contribution in [0.4, 0.5) is 5.88 Å². The number of fused-ring (bicyclic) bond motifs is 1. The van der Waals surface area contributed by atoms with E-state index < -0.39 is 29.5 Å². The van der Waals surface area contributed by atoms with Crippen LogP contribution >= 0.6 is 0 Å². The third-order valence-electron chi connectivity index (χ3n) is 4.83. The fraction of sp³-hybridized carbons (Fsp3) is 0.318. The highest BCUT2D eigenvalue weighted by Crippen LogP contribution is 2.29. The van der Waals surface area contributed by atoms with E-state index in [2.05, 4.69) is 5.32 Å². The maximum Gasteiger partial charge on any atom is 0.344 e. The molecule has 1 aliphatic heterocycles. The van der Waals surface area contributed by atoms with Crippen molar-refractivity contribution in [3.8, 4) is 0 Å². The number of rotatable bonds is 8. The summed E-state index contributed by atoms with van der Waals surface area (Å²) in [5.74, 6) is -2.41. The predicted molar refractivity (Wildman–Crippen MR) is 109 cm³/mol. The van der Waals surface area contributed by atoms with E-state index in [-0.39, 0.29) is 48.8 Å². The van der Waals surface area contributed by atoms with Crippen LogP contribution in [0.5, 0.6) is 0 Å². The Morgan fingerprint density at radius 2 is 1.68 bits per heavy atom. The lowest BCUT2D eigenvalue weighted by Crippen LogP contribution is -2.31. The molecule has 2 aromatic rings. The number of hydrogen-bond donors (Lipinski definition) is 1. The number of esters is 1. The van der Waals surface area contributed by atoms with E-state index in [0.29, 0.717) is 11.1 Å². The van der Waals surface area contributed by atoms with E-state index in [4.69, 9.17) is 9.15 Å². The van der Waals surface area contributed by atoms with Crippen molar-refractivity contribution in [2.24, 2.45) is 0 Å². The van der Waals surface area contributed by atoms with Gasteiger partial charge < -0.3 is 9.15 Å². The fourth-order valence-corrected chi connectivity index (χ4v) is 3.48. The molecule has 31 heavy (non-hydrogen) atoms. The molecule has 3 amide bonds. The molecule has 3 rings (SSSR count). The zero-order valence-corrected chi connectivity index (χ0v) is 17.4. The zero-order chi connectivity index (χ0) is 22.7. The summed E-state index contributed by atoms with van der Waals surface area (Å²) in [7, 11) is 0. The van der Waals surface area contributed by atoms with Crippen molar-refractivity contribution in [3.63, 3.8) is 0 Å². The number of aryl methyl sites for hydroxylation is 1. The van der Waals surface area contributed by atoms with Gasteiger partial charge >= 0.3 is 5.97 Å². The molecule has 0 atom stereocenters. The minimum atomic E-state index is -0.772. The quantitative estimate of drug-likeness (QED) is 0.391. The van der Waals surface area contributed by atoms with Gasteiger partial charge in [0.2, 0.25) is 11.8 Å². The summed E-state index contributed by atoms with van der Waals surface area (Å²) >= 11 is 0. The zero-order valence-electron chi connectivity index (χ0n) is 17.4. The van der Waals surface area contributed by atoms with Gasteiger partial charge in [-0.1, -0.05) is 12.1 Å². The number of Topliss-reactive ketones (excluding diaryl/α,β-unsaturated/α-hetero) is 1. The molecule has 0 bridgehead atoms. The van der Waals surface area contributed by atoms with Gasteiger partial charge in [0.05, 0.1) is 23.3 Å². The number of furan rings is 1. The minimum absolute atomic E-state index is 0.0369. The first-order chi connectivity index (χ1) is 14.8. The van der Waals surface area contributed by atoms with Gasteiger partial charge in [-0.05, 0) is 39.3 Å². The standard InChI is InChI=1S/C22H22N2O7/c1-4-30-22(29)18-17(12(2)25)13(3)31-19(18)23-16(26)10-7-11-24-20(27)14-8-5-6-9-15(14)21(24)28/h5-6,8-9H,4,7,10-11H2,1-3H3,(H,23,26). The third kappa shape index (κ3) is 4.25. The van der Waals surface area contributed by atoms with Gasteiger partial charge in [-0.15, -0.1) is 0 Å². The molecule has 0 saturated carbocycles. The Bertz CT molecular complexity index is 1050. The van der Waals surface area contributed by atoms with E-state index in [9.17, 15) is 24.0 Å². The van der Waals surface area contributed by atoms with E-state index in [1.54, 1.807) is 31.2 Å². The van der Waals surface area contributed by atoms with Crippen molar-refractivity contribution < 1.29 is 33.1 Å². The molecular formula is C22H22N2O7. The fourth-order valence-electron chi connectivity index (χ4n) is 3.48. The number of benzene rings is 1. The van der Waals surface area contributed by atoms with E-state index in [1.165, 1.54) is 13.8 Å². The smallest absolute Gasteiger partial charge is 0.344 e. The number of carbonyl (C=O) groups excluding carboxylic acids is 5. The van der Waals surface area contributed by atoms with Gasteiger partial charge in [-0.2, -0.15) is 0 Å². The van der Waals surface area contributed by atoms with Crippen molar-refractivity contribution in [2.45, 2.75) is 33.6 Å². The molecule has 9 heteroatoms. The van der Waals surface area contributed by atoms with Crippen molar-refractivity contribution in [3.05, 3.63) is 52.3 Å². The van der Waals surface area contributed by atoms with Gasteiger partial charge in [-0.3, -0.25) is 29.4 Å². The highest BCUT2D eigenvalue weighted by Gasteiger charge is 2.34. The third-order valence-corrected chi connectivity index (χ3v) is 4.83. The lowest BCUT2D eigenvalue weighted by molar-refractivity contribution is -0.116. The molecule has 0 saturated heterocycles. The summed E-state index contributed by atoms with van der Waals surface area (Å²) in [6.07, 6.45) is 0.177. The number of ketones is 1. The molecule has 1 aromatic heterocycles. The number of nitrogens with zero attached hydrogens (tertiary/aromatic N) is 1. The second-order valence-electron chi connectivity index (χ2n) is 6.97. The number of carbonyl (C=O) groups is 5. The van der Waals surface area contributed by atoms with E-state index in [0.717, 1.165) is 4.90 Å². The van der Waals surface area contributed by atoms with Crippen LogP contribution in [0.3, 0.4) is 0 Å². The van der Waals surface area contributed by atoms with E-state index >= 15 is 0 Å². The van der Waals surface area contributed by atoms with Crippen LogP contribution in [0.1, 0.15) is 73.9 Å². The van der Waals surface area contributed by atoms with Crippen LogP contribution in [-0.4, -0.2) is 47.5 Å². The van der Waals surface area contributed by atoms with Crippen LogP contribution < -0.4 is 5.32 Å². The molecule has 0 fully saturated rings. The van der Waals surface area contributed by atoms with Crippen LogP contribution in [0.15, 0.2) is 28.7 Å². The Morgan fingerprint density at radius 1 is 1.06 bits per heavy atom. The van der Waals surface area contributed by atoms with Gasteiger partial charge in [-0.25, -0.2) is 4.79 Å². The number of nitrogens with one attached hydrogen (secondary N) is 1. The van der Waals surface area contributed by atoms with E-state index in [1.807, 2.05) is 0 Å². The molecule has 0 radical (unpaired) electrons. The number of imide groups is 1. The first kappa shape index (κ1) is 21.9. The van der Waals surface area contributed by atoms with Crippen molar-refractivity contribution in [1.82, 2.24) is 4.90 Å². The van der Waals surface area contributed by atoms with Crippen molar-refractivity contribution >= 4 is 35.4 Å². The average molecular weight is 426 g/mol. The Hall–Kier alpha value is -3.75. The van der Waals surface area contributed by atoms with Gasteiger partial charge in [0.1, 0.15) is 11.3 Å². The second kappa shape index (κ2) is 8.95. The Morgan fingerprint density at radius 3 is 2.23 bits per heavy atom. The summed E-state index contributed by atoms with van der Waals surface area (Å²) in [6, 6.07) is 6.54. The monoisotopic (exact) mass is 426 g/mol. The van der Waals surface area contributed by atoms with Crippen molar-refractivity contribution in [2.75, 3.05) is 18.5 Å². The number of anilines is 1. The van der Waals surface area contributed by atoms with Crippen LogP contribution in [-0.2, 0) is 9.53 Å². The molecule has 1 aliphatic rings. The lowest BCUT2D eigenvalue weighted by atomic mass is 10.1. The first-order valence-electron chi connectivity index (χ1n) is 9.82. The average Bonchev–Trinajstić information content (AvgIpc) is 3.17. The normalized spacial score (nSPS) is 12.7. The topological polar surface area (TPSA) is 123 Å². The van der Waals surface area contributed by atoms with Crippen LogP contribution in [0.25, 0.3) is 0 Å². The molecule has 162 valence electrons. The molecule has 1 aromatic carbocycles. The predicted octanol–water partition coefficient (Wildman–Crippen LogP) is 2.98. The lowest BCUT2D eigenvalue weighted by Gasteiger charge is -2.13. The Kier molecular flexibility index (Phi) is 6.33. The molecule has 2 heterocycles. The van der Waals surface area contributed by atoms with Gasteiger partial charge in [0.25, 0.3) is 11.8 Å². The largest absolute Gasteiger partial charge is 0.462 e. The molecule has 1 N–H and O–H groups in total. The summed E-state index contributed by atoms with van der Waals surface area (Å²) in [6.45, 7) is 4.58. The maximum absolute atomic E-state index is 12.4. The number of amides is 3. The number of ether oxygens (including phenoxy) is 1.